The first-order valence-corrected chi connectivity index (χ1v) is 6.30. The Morgan fingerprint density at radius 2 is 2.23 bits per heavy atom. The predicted molar refractivity (Wildman–Crippen MR) is 63.3 cm³/mol. The first kappa shape index (κ1) is 11.2. The van der Waals surface area contributed by atoms with Crippen molar-refractivity contribution >= 4 is 27.3 Å². The van der Waals surface area contributed by atoms with E-state index in [0.717, 1.165) is 13.0 Å². The van der Waals surface area contributed by atoms with E-state index in [1.807, 2.05) is 11.3 Å². The molecule has 1 aromatic rings. The molecule has 0 aliphatic rings. The second-order valence-electron chi connectivity index (χ2n) is 3.33. The molecule has 0 fully saturated rings. The van der Waals surface area contributed by atoms with Crippen LogP contribution in [0.5, 0.6) is 0 Å². The van der Waals surface area contributed by atoms with Crippen LogP contribution in [0.4, 0.5) is 0 Å². The molecule has 2 N–H and O–H groups in total. The van der Waals surface area contributed by atoms with Crippen molar-refractivity contribution in [2.24, 2.45) is 5.73 Å². The maximum absolute atomic E-state index is 5.45. The van der Waals surface area contributed by atoms with E-state index >= 15 is 0 Å². The fourth-order valence-corrected chi connectivity index (χ4v) is 2.84. The van der Waals surface area contributed by atoms with Gasteiger partial charge >= 0.3 is 0 Å². The van der Waals surface area contributed by atoms with Crippen LogP contribution in [-0.4, -0.2) is 6.54 Å². The minimum absolute atomic E-state index is 0.683. The number of rotatable bonds is 5. The van der Waals surface area contributed by atoms with Crippen LogP contribution in [0.15, 0.2) is 15.9 Å². The Bertz CT molecular complexity index is 247. The smallest absolute Gasteiger partial charge is 0.0701 e. The largest absolute Gasteiger partial charge is 0.330 e. The van der Waals surface area contributed by atoms with Crippen molar-refractivity contribution in [3.63, 3.8) is 0 Å². The summed E-state index contributed by atoms with van der Waals surface area (Å²) in [6.07, 6.45) is 3.65. The lowest BCUT2D eigenvalue weighted by Crippen LogP contribution is -1.99. The van der Waals surface area contributed by atoms with Crippen LogP contribution in [0.2, 0.25) is 0 Å². The Morgan fingerprint density at radius 3 is 2.77 bits per heavy atom. The van der Waals surface area contributed by atoms with Crippen molar-refractivity contribution in [3.05, 3.63) is 20.8 Å². The van der Waals surface area contributed by atoms with E-state index in [1.54, 1.807) is 0 Å². The van der Waals surface area contributed by atoms with Crippen LogP contribution in [0.25, 0.3) is 0 Å². The zero-order valence-corrected chi connectivity index (χ0v) is 10.3. The Kier molecular flexibility index (Phi) is 4.99. The molecule has 0 saturated heterocycles. The zero-order valence-electron chi connectivity index (χ0n) is 7.92. The molecule has 74 valence electrons. The summed E-state index contributed by atoms with van der Waals surface area (Å²) in [6.45, 7) is 3.11. The number of halogens is 1. The van der Waals surface area contributed by atoms with E-state index in [-0.39, 0.29) is 0 Å². The van der Waals surface area contributed by atoms with Gasteiger partial charge in [0.05, 0.1) is 3.79 Å². The summed E-state index contributed by atoms with van der Waals surface area (Å²) in [6, 6.07) is 4.33. The van der Waals surface area contributed by atoms with Crippen molar-refractivity contribution in [1.29, 1.82) is 0 Å². The Morgan fingerprint density at radius 1 is 1.46 bits per heavy atom. The zero-order chi connectivity index (χ0) is 9.68. The number of hydrogen-bond donors (Lipinski definition) is 1. The summed E-state index contributed by atoms with van der Waals surface area (Å²) in [4.78, 5) is 1.48. The molecule has 0 bridgehead atoms. The Balaban J connectivity index is 2.35. The predicted octanol–water partition coefficient (Wildman–Crippen LogP) is 3.74. The fourth-order valence-electron chi connectivity index (χ4n) is 1.33. The van der Waals surface area contributed by atoms with Crippen molar-refractivity contribution in [2.45, 2.75) is 32.1 Å². The summed E-state index contributed by atoms with van der Waals surface area (Å²) < 4.78 is 1.23. The third-order valence-corrected chi connectivity index (χ3v) is 4.03. The number of nitrogens with two attached hydrogens (primary N) is 1. The summed E-state index contributed by atoms with van der Waals surface area (Å²) in [5, 5.41) is 0. The molecule has 1 atom stereocenters. The molecule has 0 aliphatic carbocycles. The molecule has 0 radical (unpaired) electrons. The molecule has 0 spiro atoms. The van der Waals surface area contributed by atoms with Crippen LogP contribution in [0.3, 0.4) is 0 Å². The first-order valence-electron chi connectivity index (χ1n) is 4.69. The fraction of sp³-hybridized carbons (Fsp3) is 0.600. The molecule has 1 rings (SSSR count). The first-order chi connectivity index (χ1) is 6.24. The minimum atomic E-state index is 0.683. The van der Waals surface area contributed by atoms with Gasteiger partial charge in [0, 0.05) is 4.88 Å². The molecule has 0 aromatic carbocycles. The van der Waals surface area contributed by atoms with Gasteiger partial charge in [0.2, 0.25) is 0 Å². The highest BCUT2D eigenvalue weighted by atomic mass is 79.9. The highest BCUT2D eigenvalue weighted by Crippen LogP contribution is 2.30. The lowest BCUT2D eigenvalue weighted by atomic mass is 10.0. The van der Waals surface area contributed by atoms with E-state index in [1.165, 1.54) is 21.5 Å². The average molecular weight is 262 g/mol. The highest BCUT2D eigenvalue weighted by Gasteiger charge is 2.07. The van der Waals surface area contributed by atoms with Gasteiger partial charge in [-0.25, -0.2) is 0 Å². The van der Waals surface area contributed by atoms with Crippen LogP contribution < -0.4 is 5.73 Å². The van der Waals surface area contributed by atoms with E-state index in [0.29, 0.717) is 5.92 Å². The van der Waals surface area contributed by atoms with E-state index in [4.69, 9.17) is 5.73 Å². The Labute approximate surface area is 92.5 Å². The number of hydrogen-bond acceptors (Lipinski definition) is 2. The molecule has 0 amide bonds. The van der Waals surface area contributed by atoms with Gasteiger partial charge in [0.15, 0.2) is 0 Å². The number of unbranched alkanes of at least 4 members (excludes halogenated alkanes) is 1. The van der Waals surface area contributed by atoms with Crippen LogP contribution in [0, 0.1) is 0 Å². The second-order valence-corrected chi connectivity index (χ2v) is 5.82. The maximum atomic E-state index is 5.45. The van der Waals surface area contributed by atoms with Gasteiger partial charge < -0.3 is 5.73 Å². The highest BCUT2D eigenvalue weighted by molar-refractivity contribution is 9.11. The van der Waals surface area contributed by atoms with Gasteiger partial charge in [-0.3, -0.25) is 0 Å². The second kappa shape index (κ2) is 5.78. The lowest BCUT2D eigenvalue weighted by molar-refractivity contribution is 0.616. The van der Waals surface area contributed by atoms with Crippen molar-refractivity contribution in [3.8, 4) is 0 Å². The molecular formula is C10H16BrNS. The topological polar surface area (TPSA) is 26.0 Å². The normalized spacial score (nSPS) is 13.2. The summed E-state index contributed by atoms with van der Waals surface area (Å²) in [7, 11) is 0. The maximum Gasteiger partial charge on any atom is 0.0701 e. The molecule has 0 aliphatic heterocycles. The van der Waals surface area contributed by atoms with Gasteiger partial charge in [-0.2, -0.15) is 0 Å². The van der Waals surface area contributed by atoms with Gasteiger partial charge in [-0.15, -0.1) is 11.3 Å². The van der Waals surface area contributed by atoms with Gasteiger partial charge in [-0.05, 0) is 53.4 Å². The van der Waals surface area contributed by atoms with Crippen LogP contribution in [0.1, 0.15) is 37.0 Å². The SMILES string of the molecule is CC(CCCCN)c1ccc(Br)s1. The molecule has 3 heteroatoms. The molecular weight excluding hydrogens is 246 g/mol. The van der Waals surface area contributed by atoms with Crippen molar-refractivity contribution in [1.82, 2.24) is 0 Å². The third kappa shape index (κ3) is 3.79. The molecule has 1 nitrogen and oxygen atoms in total. The van der Waals surface area contributed by atoms with Crippen molar-refractivity contribution < 1.29 is 0 Å². The van der Waals surface area contributed by atoms with E-state index in [2.05, 4.69) is 35.0 Å². The van der Waals surface area contributed by atoms with Gasteiger partial charge in [0.1, 0.15) is 0 Å². The average Bonchev–Trinajstić information content (AvgIpc) is 2.52. The Hall–Kier alpha value is 0.140. The van der Waals surface area contributed by atoms with Crippen LogP contribution >= 0.6 is 27.3 Å². The standard InChI is InChI=1S/C10H16BrNS/c1-8(4-2-3-7-12)9-5-6-10(11)13-9/h5-6,8H,2-4,7,12H2,1H3. The van der Waals surface area contributed by atoms with Crippen LogP contribution in [-0.2, 0) is 0 Å². The summed E-state index contributed by atoms with van der Waals surface area (Å²) in [5.74, 6) is 0.683. The molecule has 1 aromatic heterocycles. The van der Waals surface area contributed by atoms with Gasteiger partial charge in [0.25, 0.3) is 0 Å². The van der Waals surface area contributed by atoms with E-state index < -0.39 is 0 Å². The minimum Gasteiger partial charge on any atom is -0.330 e. The summed E-state index contributed by atoms with van der Waals surface area (Å²) in [5.41, 5.74) is 5.45. The molecule has 1 unspecified atom stereocenters. The number of thiophene rings is 1. The quantitative estimate of drug-likeness (QED) is 0.804. The molecule has 0 saturated carbocycles. The monoisotopic (exact) mass is 261 g/mol. The molecule has 1 heterocycles. The molecule has 13 heavy (non-hydrogen) atoms. The third-order valence-electron chi connectivity index (χ3n) is 2.17. The van der Waals surface area contributed by atoms with E-state index in [9.17, 15) is 0 Å². The lowest BCUT2D eigenvalue weighted by Gasteiger charge is -2.07. The van der Waals surface area contributed by atoms with Crippen molar-refractivity contribution in [2.75, 3.05) is 6.54 Å². The summed E-state index contributed by atoms with van der Waals surface area (Å²) >= 11 is 5.32. The van der Waals surface area contributed by atoms with Gasteiger partial charge in [-0.1, -0.05) is 13.3 Å².